The van der Waals surface area contributed by atoms with E-state index in [4.69, 9.17) is 0 Å². The average Bonchev–Trinajstić information content (AvgIpc) is 2.69. The van der Waals surface area contributed by atoms with Gasteiger partial charge in [-0.15, -0.1) is 0 Å². The summed E-state index contributed by atoms with van der Waals surface area (Å²) in [4.78, 5) is 24.7. The fraction of sp³-hybridized carbons (Fsp3) is 0.333. The number of amides is 2. The molecule has 2 atom stereocenters. The van der Waals surface area contributed by atoms with Gasteiger partial charge in [0.25, 0.3) is 5.91 Å². The van der Waals surface area contributed by atoms with E-state index in [1.807, 2.05) is 19.9 Å². The lowest BCUT2D eigenvalue weighted by atomic mass is 10.1. The molecule has 1 heterocycles. The van der Waals surface area contributed by atoms with Crippen LogP contribution in [0.3, 0.4) is 0 Å². The molecule has 1 aliphatic rings. The average molecular weight is 402 g/mol. The first kappa shape index (κ1) is 20.2. The molecule has 7 heteroatoms. The Labute approximate surface area is 168 Å². The molecule has 1 aliphatic heterocycles. The van der Waals surface area contributed by atoms with E-state index in [2.05, 4.69) is 16.0 Å². The Morgan fingerprint density at radius 1 is 1.21 bits per heavy atom. The molecule has 0 aliphatic carbocycles. The normalized spacial score (nSPS) is 16.5. The number of hydrogen-bond donors (Lipinski definition) is 3. The highest BCUT2D eigenvalue weighted by atomic mass is 32.2. The monoisotopic (exact) mass is 401 g/mol. The highest BCUT2D eigenvalue weighted by molar-refractivity contribution is 7.98. The smallest absolute Gasteiger partial charge is 0.251 e. The maximum atomic E-state index is 13.0. The molecule has 5 nitrogen and oxygen atoms in total. The van der Waals surface area contributed by atoms with Gasteiger partial charge in [-0.3, -0.25) is 9.59 Å². The van der Waals surface area contributed by atoms with E-state index in [1.54, 1.807) is 36.0 Å². The Morgan fingerprint density at radius 2 is 1.96 bits per heavy atom. The van der Waals surface area contributed by atoms with Gasteiger partial charge in [0.15, 0.2) is 0 Å². The van der Waals surface area contributed by atoms with Crippen molar-refractivity contribution in [1.29, 1.82) is 0 Å². The van der Waals surface area contributed by atoms with Crippen LogP contribution in [0.5, 0.6) is 0 Å². The summed E-state index contributed by atoms with van der Waals surface area (Å²) in [7, 11) is 0. The number of hydrogen-bond acceptors (Lipinski definition) is 4. The summed E-state index contributed by atoms with van der Waals surface area (Å²) in [5.41, 5.74) is 2.94. The number of rotatable bonds is 7. The van der Waals surface area contributed by atoms with Gasteiger partial charge < -0.3 is 16.0 Å². The number of thioether (sulfide) groups is 1. The van der Waals surface area contributed by atoms with Gasteiger partial charge in [-0.25, -0.2) is 4.39 Å². The molecule has 0 fully saturated rings. The maximum Gasteiger partial charge on any atom is 0.251 e. The molecule has 2 unspecified atom stereocenters. The summed E-state index contributed by atoms with van der Waals surface area (Å²) in [6, 6.07) is 11.4. The molecular weight excluding hydrogens is 377 g/mol. The molecule has 28 heavy (non-hydrogen) atoms. The topological polar surface area (TPSA) is 70.2 Å². The van der Waals surface area contributed by atoms with Crippen molar-refractivity contribution < 1.29 is 14.0 Å². The van der Waals surface area contributed by atoms with Gasteiger partial charge in [-0.2, -0.15) is 11.8 Å². The minimum absolute atomic E-state index is 0.0961. The number of halogens is 1. The van der Waals surface area contributed by atoms with Crippen LogP contribution in [0.15, 0.2) is 42.5 Å². The second kappa shape index (κ2) is 9.10. The molecule has 0 saturated heterocycles. The lowest BCUT2D eigenvalue weighted by molar-refractivity contribution is -0.116. The van der Waals surface area contributed by atoms with E-state index in [0.717, 1.165) is 17.7 Å². The minimum Gasteiger partial charge on any atom is -0.371 e. The number of nitrogens with one attached hydrogen (secondary N) is 3. The van der Waals surface area contributed by atoms with E-state index in [-0.39, 0.29) is 29.7 Å². The van der Waals surface area contributed by atoms with Crippen LogP contribution in [-0.4, -0.2) is 29.7 Å². The zero-order chi connectivity index (χ0) is 20.1. The Balaban J connectivity index is 1.59. The Bertz CT molecular complexity index is 857. The van der Waals surface area contributed by atoms with Crippen LogP contribution < -0.4 is 16.0 Å². The molecule has 2 amide bonds. The van der Waals surface area contributed by atoms with Crippen molar-refractivity contribution in [2.24, 2.45) is 0 Å². The van der Waals surface area contributed by atoms with E-state index in [9.17, 15) is 14.0 Å². The van der Waals surface area contributed by atoms with Crippen LogP contribution in [0.25, 0.3) is 0 Å². The van der Waals surface area contributed by atoms with Gasteiger partial charge in [-0.05, 0) is 49.2 Å². The van der Waals surface area contributed by atoms with Gasteiger partial charge in [0.2, 0.25) is 5.91 Å². The molecular formula is C21H24FN3O2S. The van der Waals surface area contributed by atoms with Gasteiger partial charge in [-0.1, -0.05) is 19.1 Å². The van der Waals surface area contributed by atoms with Crippen molar-refractivity contribution in [2.75, 3.05) is 16.4 Å². The zero-order valence-electron chi connectivity index (χ0n) is 15.9. The van der Waals surface area contributed by atoms with Crippen molar-refractivity contribution in [1.82, 2.24) is 5.32 Å². The van der Waals surface area contributed by atoms with Crippen LogP contribution in [-0.2, 0) is 10.5 Å². The lowest BCUT2D eigenvalue weighted by Gasteiger charge is -2.27. The molecule has 3 rings (SSSR count). The summed E-state index contributed by atoms with van der Waals surface area (Å²) in [6.45, 7) is 3.96. The second-order valence-corrected chi connectivity index (χ2v) is 7.90. The van der Waals surface area contributed by atoms with Crippen LogP contribution >= 0.6 is 11.8 Å². The first-order chi connectivity index (χ1) is 13.5. The quantitative estimate of drug-likeness (QED) is 0.655. The standard InChI is InChI=1S/C21H24FN3O2S/c1-3-13(2)23-20(26)15-6-9-17-18(10-15)25-21(27)19(24-17)12-28-11-14-4-7-16(22)8-5-14/h4-10,13,19,24H,3,11-12H2,1-2H3,(H,23,26)(H,25,27). The highest BCUT2D eigenvalue weighted by Gasteiger charge is 2.26. The zero-order valence-corrected chi connectivity index (χ0v) is 16.7. The summed E-state index contributed by atoms with van der Waals surface area (Å²) in [5, 5.41) is 9.04. The Morgan fingerprint density at radius 3 is 2.68 bits per heavy atom. The van der Waals surface area contributed by atoms with Crippen molar-refractivity contribution in [2.45, 2.75) is 38.1 Å². The van der Waals surface area contributed by atoms with Crippen molar-refractivity contribution in [3.63, 3.8) is 0 Å². The van der Waals surface area contributed by atoms with E-state index in [1.165, 1.54) is 12.1 Å². The van der Waals surface area contributed by atoms with Crippen molar-refractivity contribution in [3.05, 3.63) is 59.4 Å². The number of benzene rings is 2. The van der Waals surface area contributed by atoms with Gasteiger partial charge in [0.05, 0.1) is 11.4 Å². The van der Waals surface area contributed by atoms with Crippen LogP contribution in [0.4, 0.5) is 15.8 Å². The van der Waals surface area contributed by atoms with E-state index < -0.39 is 0 Å². The third-order valence-electron chi connectivity index (χ3n) is 4.64. The molecule has 0 radical (unpaired) electrons. The molecule has 0 aromatic heterocycles. The first-order valence-corrected chi connectivity index (χ1v) is 10.5. The van der Waals surface area contributed by atoms with Crippen LogP contribution in [0, 0.1) is 5.82 Å². The number of carbonyl (C=O) groups excluding carboxylic acids is 2. The van der Waals surface area contributed by atoms with Crippen molar-refractivity contribution >= 4 is 35.0 Å². The summed E-state index contributed by atoms with van der Waals surface area (Å²) < 4.78 is 13.0. The Kier molecular flexibility index (Phi) is 6.57. The molecule has 0 saturated carbocycles. The third-order valence-corrected chi connectivity index (χ3v) is 5.75. The number of anilines is 2. The Hall–Kier alpha value is -2.54. The second-order valence-electron chi connectivity index (χ2n) is 6.87. The summed E-state index contributed by atoms with van der Waals surface area (Å²) >= 11 is 1.60. The van der Waals surface area contributed by atoms with E-state index >= 15 is 0 Å². The molecule has 0 bridgehead atoms. The molecule has 2 aromatic carbocycles. The fourth-order valence-electron chi connectivity index (χ4n) is 2.79. The third kappa shape index (κ3) is 5.04. The maximum absolute atomic E-state index is 13.0. The predicted molar refractivity (Wildman–Crippen MR) is 112 cm³/mol. The molecule has 3 N–H and O–H groups in total. The highest BCUT2D eigenvalue weighted by Crippen LogP contribution is 2.29. The minimum atomic E-state index is -0.363. The van der Waals surface area contributed by atoms with Gasteiger partial charge in [0, 0.05) is 23.1 Å². The SMILES string of the molecule is CCC(C)NC(=O)c1ccc2c(c1)NC(=O)C(CSCc1ccc(F)cc1)N2. The molecule has 148 valence electrons. The summed E-state index contributed by atoms with van der Waals surface area (Å²) in [5.74, 6) is 0.754. The van der Waals surface area contributed by atoms with Crippen molar-refractivity contribution in [3.8, 4) is 0 Å². The molecule has 0 spiro atoms. The van der Waals surface area contributed by atoms with E-state index in [0.29, 0.717) is 22.8 Å². The number of fused-ring (bicyclic) bond motifs is 1. The van der Waals surface area contributed by atoms with Crippen LogP contribution in [0.1, 0.15) is 36.2 Å². The molecule has 2 aromatic rings. The largest absolute Gasteiger partial charge is 0.371 e. The first-order valence-electron chi connectivity index (χ1n) is 9.30. The predicted octanol–water partition coefficient (Wildman–Crippen LogP) is 4.02. The van der Waals surface area contributed by atoms with Gasteiger partial charge in [0.1, 0.15) is 11.9 Å². The summed E-state index contributed by atoms with van der Waals surface area (Å²) in [6.07, 6.45) is 0.853. The lowest BCUT2D eigenvalue weighted by Crippen LogP contribution is -2.40. The number of carbonyl (C=O) groups is 2. The fourth-order valence-corrected chi connectivity index (χ4v) is 3.81. The van der Waals surface area contributed by atoms with Crippen LogP contribution in [0.2, 0.25) is 0 Å². The van der Waals surface area contributed by atoms with Gasteiger partial charge >= 0.3 is 0 Å².